The van der Waals surface area contributed by atoms with Gasteiger partial charge in [0.15, 0.2) is 0 Å². The standard InChI is InChI=1S/C13H27N3OS/c1-13(2)7-9-16(10-11-18-13)8-5-3-4-6-12(17)15-14/h3-11,14H2,1-2H3,(H,15,17). The van der Waals surface area contributed by atoms with Crippen LogP contribution in [0, 0.1) is 0 Å². The summed E-state index contributed by atoms with van der Waals surface area (Å²) in [4.78, 5) is 13.5. The summed E-state index contributed by atoms with van der Waals surface area (Å²) in [5, 5.41) is 0. The van der Waals surface area contributed by atoms with E-state index in [1.54, 1.807) is 0 Å². The van der Waals surface area contributed by atoms with Crippen LogP contribution in [0.2, 0.25) is 0 Å². The SMILES string of the molecule is CC1(C)CCN(CCCCCC(=O)NN)CCS1. The lowest BCUT2D eigenvalue weighted by atomic mass is 10.1. The minimum absolute atomic E-state index is 0.0528. The molecule has 0 aromatic heterocycles. The zero-order chi connectivity index (χ0) is 13.4. The molecule has 4 nitrogen and oxygen atoms in total. The highest BCUT2D eigenvalue weighted by Gasteiger charge is 2.23. The molecule has 0 saturated carbocycles. The molecule has 1 heterocycles. The van der Waals surface area contributed by atoms with Crippen LogP contribution in [0.15, 0.2) is 0 Å². The van der Waals surface area contributed by atoms with Crippen molar-refractivity contribution in [3.63, 3.8) is 0 Å². The van der Waals surface area contributed by atoms with Crippen molar-refractivity contribution in [2.75, 3.05) is 25.4 Å². The number of amides is 1. The number of nitrogens with zero attached hydrogens (tertiary/aromatic N) is 1. The van der Waals surface area contributed by atoms with Gasteiger partial charge in [0.25, 0.3) is 0 Å². The Morgan fingerprint density at radius 3 is 2.83 bits per heavy atom. The topological polar surface area (TPSA) is 58.4 Å². The van der Waals surface area contributed by atoms with Gasteiger partial charge < -0.3 is 4.90 Å². The second-order valence-electron chi connectivity index (χ2n) is 5.58. The zero-order valence-corrected chi connectivity index (χ0v) is 12.5. The number of hydrogen-bond donors (Lipinski definition) is 2. The number of hydrazine groups is 1. The van der Waals surface area contributed by atoms with Gasteiger partial charge in [0.05, 0.1) is 0 Å². The van der Waals surface area contributed by atoms with Crippen molar-refractivity contribution in [1.82, 2.24) is 10.3 Å². The van der Waals surface area contributed by atoms with Gasteiger partial charge in [0.1, 0.15) is 0 Å². The molecule has 0 aromatic carbocycles. The van der Waals surface area contributed by atoms with Crippen molar-refractivity contribution >= 4 is 17.7 Å². The normalized spacial score (nSPS) is 20.4. The van der Waals surface area contributed by atoms with Crippen LogP contribution in [0.3, 0.4) is 0 Å². The van der Waals surface area contributed by atoms with E-state index in [2.05, 4.69) is 35.9 Å². The summed E-state index contributed by atoms with van der Waals surface area (Å²) < 4.78 is 0.438. The average molecular weight is 273 g/mol. The number of unbranched alkanes of at least 4 members (excludes halogenated alkanes) is 2. The Kier molecular flexibility index (Phi) is 7.04. The van der Waals surface area contributed by atoms with Gasteiger partial charge in [-0.15, -0.1) is 0 Å². The molecule has 0 radical (unpaired) electrons. The molecule has 1 rings (SSSR count). The molecule has 0 bridgehead atoms. The molecule has 0 aromatic rings. The fourth-order valence-electron chi connectivity index (χ4n) is 2.16. The van der Waals surface area contributed by atoms with Crippen molar-refractivity contribution in [2.45, 2.75) is 50.7 Å². The van der Waals surface area contributed by atoms with Gasteiger partial charge in [-0.05, 0) is 32.4 Å². The number of thioether (sulfide) groups is 1. The Morgan fingerprint density at radius 2 is 2.11 bits per heavy atom. The molecule has 1 aliphatic heterocycles. The van der Waals surface area contributed by atoms with Crippen molar-refractivity contribution in [3.05, 3.63) is 0 Å². The second-order valence-corrected chi connectivity index (χ2v) is 7.38. The molecule has 0 atom stereocenters. The molecule has 106 valence electrons. The third-order valence-electron chi connectivity index (χ3n) is 3.47. The van der Waals surface area contributed by atoms with Crippen LogP contribution < -0.4 is 11.3 Å². The molecule has 1 saturated heterocycles. The number of carbonyl (C=O) groups excluding carboxylic acids is 1. The maximum absolute atomic E-state index is 10.9. The van der Waals surface area contributed by atoms with Gasteiger partial charge in [-0.3, -0.25) is 10.2 Å². The second kappa shape index (κ2) is 8.02. The van der Waals surface area contributed by atoms with Crippen LogP contribution in [0.25, 0.3) is 0 Å². The molecule has 3 N–H and O–H groups in total. The van der Waals surface area contributed by atoms with E-state index in [-0.39, 0.29) is 5.91 Å². The lowest BCUT2D eigenvalue weighted by Crippen LogP contribution is -2.30. The average Bonchev–Trinajstić information content (AvgIpc) is 2.50. The van der Waals surface area contributed by atoms with Crippen LogP contribution in [-0.2, 0) is 4.79 Å². The number of hydrogen-bond acceptors (Lipinski definition) is 4. The van der Waals surface area contributed by atoms with E-state index in [1.165, 1.54) is 38.2 Å². The van der Waals surface area contributed by atoms with Gasteiger partial charge in [-0.2, -0.15) is 11.8 Å². The maximum atomic E-state index is 10.9. The largest absolute Gasteiger partial charge is 0.302 e. The number of carbonyl (C=O) groups is 1. The first kappa shape index (κ1) is 15.8. The quantitative estimate of drug-likeness (QED) is 0.335. The Morgan fingerprint density at radius 1 is 1.33 bits per heavy atom. The van der Waals surface area contributed by atoms with Gasteiger partial charge in [0.2, 0.25) is 5.91 Å². The Balaban J connectivity index is 2.07. The van der Waals surface area contributed by atoms with Crippen LogP contribution in [-0.4, -0.2) is 40.9 Å². The highest BCUT2D eigenvalue weighted by atomic mass is 32.2. The minimum Gasteiger partial charge on any atom is -0.302 e. The highest BCUT2D eigenvalue weighted by molar-refractivity contribution is 8.00. The monoisotopic (exact) mass is 273 g/mol. The summed E-state index contributed by atoms with van der Waals surface area (Å²) in [6.07, 6.45) is 5.06. The summed E-state index contributed by atoms with van der Waals surface area (Å²) in [6, 6.07) is 0. The maximum Gasteiger partial charge on any atom is 0.233 e. The lowest BCUT2D eigenvalue weighted by molar-refractivity contribution is -0.121. The summed E-state index contributed by atoms with van der Waals surface area (Å²) >= 11 is 2.09. The molecule has 18 heavy (non-hydrogen) atoms. The molecule has 5 heteroatoms. The summed E-state index contributed by atoms with van der Waals surface area (Å²) in [5.74, 6) is 6.22. The summed E-state index contributed by atoms with van der Waals surface area (Å²) in [6.45, 7) is 8.26. The Labute approximate surface area is 115 Å². The minimum atomic E-state index is -0.0528. The summed E-state index contributed by atoms with van der Waals surface area (Å²) in [5.41, 5.74) is 2.17. The molecule has 1 aliphatic rings. The van der Waals surface area contributed by atoms with Crippen molar-refractivity contribution < 1.29 is 4.79 Å². The first-order valence-electron chi connectivity index (χ1n) is 6.89. The van der Waals surface area contributed by atoms with E-state index < -0.39 is 0 Å². The first-order chi connectivity index (χ1) is 8.53. The van der Waals surface area contributed by atoms with E-state index >= 15 is 0 Å². The third kappa shape index (κ3) is 6.61. The van der Waals surface area contributed by atoms with Crippen LogP contribution >= 0.6 is 11.8 Å². The van der Waals surface area contributed by atoms with Gasteiger partial charge in [-0.1, -0.05) is 20.3 Å². The van der Waals surface area contributed by atoms with E-state index in [0.29, 0.717) is 11.2 Å². The lowest BCUT2D eigenvalue weighted by Gasteiger charge is -2.22. The smallest absolute Gasteiger partial charge is 0.233 e. The van der Waals surface area contributed by atoms with Crippen LogP contribution in [0.1, 0.15) is 46.0 Å². The van der Waals surface area contributed by atoms with Crippen molar-refractivity contribution in [2.24, 2.45) is 5.84 Å². The van der Waals surface area contributed by atoms with Gasteiger partial charge in [0, 0.05) is 23.5 Å². The first-order valence-corrected chi connectivity index (χ1v) is 7.88. The van der Waals surface area contributed by atoms with E-state index in [0.717, 1.165) is 12.8 Å². The molecule has 1 amide bonds. The Bertz CT molecular complexity index is 259. The molecular formula is C13H27N3OS. The van der Waals surface area contributed by atoms with Crippen molar-refractivity contribution in [3.8, 4) is 0 Å². The number of rotatable bonds is 6. The fraction of sp³-hybridized carbons (Fsp3) is 0.923. The van der Waals surface area contributed by atoms with Crippen LogP contribution in [0.5, 0.6) is 0 Å². The fourth-order valence-corrected chi connectivity index (χ4v) is 3.29. The van der Waals surface area contributed by atoms with Crippen LogP contribution in [0.4, 0.5) is 0 Å². The highest BCUT2D eigenvalue weighted by Crippen LogP contribution is 2.30. The summed E-state index contributed by atoms with van der Waals surface area (Å²) in [7, 11) is 0. The van der Waals surface area contributed by atoms with Crippen molar-refractivity contribution in [1.29, 1.82) is 0 Å². The zero-order valence-electron chi connectivity index (χ0n) is 11.7. The molecule has 1 fully saturated rings. The molecule has 0 spiro atoms. The number of nitrogens with one attached hydrogen (secondary N) is 1. The predicted octanol–water partition coefficient (Wildman–Crippen LogP) is 1.75. The predicted molar refractivity (Wildman–Crippen MR) is 78.4 cm³/mol. The molecule has 0 unspecified atom stereocenters. The molecule has 0 aliphatic carbocycles. The molecular weight excluding hydrogens is 246 g/mol. The van der Waals surface area contributed by atoms with Gasteiger partial charge >= 0.3 is 0 Å². The van der Waals surface area contributed by atoms with E-state index in [4.69, 9.17) is 5.84 Å². The van der Waals surface area contributed by atoms with E-state index in [9.17, 15) is 4.79 Å². The third-order valence-corrected chi connectivity index (χ3v) is 4.84. The van der Waals surface area contributed by atoms with Gasteiger partial charge in [-0.25, -0.2) is 5.84 Å². The number of nitrogens with two attached hydrogens (primary N) is 1. The Hall–Kier alpha value is -0.260. The van der Waals surface area contributed by atoms with E-state index in [1.807, 2.05) is 0 Å².